The van der Waals surface area contributed by atoms with Crippen LogP contribution in [0, 0.1) is 0 Å². The summed E-state index contributed by atoms with van der Waals surface area (Å²) < 4.78 is 109. The van der Waals surface area contributed by atoms with E-state index in [2.05, 4.69) is 21.9 Å². The van der Waals surface area contributed by atoms with E-state index < -0.39 is 94.3 Å². The molecule has 0 aliphatic carbocycles. The summed E-state index contributed by atoms with van der Waals surface area (Å²) in [6.45, 7) is -3.63. The van der Waals surface area contributed by atoms with Crippen LogP contribution in [0.1, 0.15) is 86.7 Å². The topological polar surface area (TPSA) is 270 Å². The van der Waals surface area contributed by atoms with Gasteiger partial charge in [-0.2, -0.15) is 0 Å². The smallest absolute Gasteiger partial charge is 0.472 e. The average molecular weight is 1020 g/mol. The molecule has 0 radical (unpaired) electrons. The van der Waals surface area contributed by atoms with Crippen LogP contribution in [-0.2, 0) is 42.5 Å². The van der Waals surface area contributed by atoms with Gasteiger partial charge in [-0.05, 0) is 59.8 Å². The molecule has 3 fully saturated rings. The maximum absolute atomic E-state index is 16.5. The van der Waals surface area contributed by atoms with Crippen molar-refractivity contribution in [2.24, 2.45) is 0 Å². The lowest BCUT2D eigenvalue weighted by Crippen LogP contribution is -2.38. The lowest BCUT2D eigenvalue weighted by atomic mass is 10.1. The molecule has 372 valence electrons. The van der Waals surface area contributed by atoms with E-state index in [-0.39, 0.29) is 28.5 Å². The average Bonchev–Trinajstić information content (AvgIpc) is 3.99. The normalized spacial score (nSPS) is 28.3. The number of imidazole rings is 1. The summed E-state index contributed by atoms with van der Waals surface area (Å²) in [6.07, 6.45) is -2.27. The molecule has 0 saturated carbocycles. The molecule has 6 heterocycles. The molecule has 3 aromatic heterocycles. The summed E-state index contributed by atoms with van der Waals surface area (Å²) in [4.78, 5) is 62.4. The number of ether oxygens (including phenoxy) is 4. The molecule has 0 amide bonds. The highest BCUT2D eigenvalue weighted by Crippen LogP contribution is 2.65. The fourth-order valence-electron chi connectivity index (χ4n) is 7.89. The minimum Gasteiger partial charge on any atom is -0.494 e. The Morgan fingerprint density at radius 1 is 0.841 bits per heavy atom. The van der Waals surface area contributed by atoms with E-state index in [1.54, 1.807) is 36.4 Å². The molecule has 5 aromatic rings. The molecule has 69 heavy (non-hydrogen) atoms. The number of benzene rings is 2. The number of anilines is 1. The van der Waals surface area contributed by atoms with Gasteiger partial charge in [0, 0.05) is 18.0 Å². The maximum atomic E-state index is 16.5. The van der Waals surface area contributed by atoms with Gasteiger partial charge in [-0.25, -0.2) is 42.5 Å². The predicted molar refractivity (Wildman–Crippen MR) is 245 cm³/mol. The third-order valence-corrected chi connectivity index (χ3v) is 16.1. The monoisotopic (exact) mass is 1020 g/mol. The Kier molecular flexibility index (Phi) is 16.5. The van der Waals surface area contributed by atoms with E-state index in [4.69, 9.17) is 42.8 Å². The Morgan fingerprint density at radius 3 is 2.17 bits per heavy atom. The Labute approximate surface area is 397 Å². The Bertz CT molecular complexity index is 2770. The molecule has 3 aliphatic rings. The third-order valence-electron chi connectivity index (χ3n) is 11.5. The second-order valence-electron chi connectivity index (χ2n) is 16.4. The van der Waals surface area contributed by atoms with Crippen LogP contribution in [0.15, 0.2) is 83.0 Å². The fraction of sp³-hybridized carbons (Fsp3) is 0.488. The van der Waals surface area contributed by atoms with Crippen molar-refractivity contribution in [3.05, 3.63) is 105 Å². The summed E-state index contributed by atoms with van der Waals surface area (Å²) >= 11 is 0.596. The number of alkyl halides is 2. The van der Waals surface area contributed by atoms with Gasteiger partial charge in [-0.3, -0.25) is 37.0 Å². The van der Waals surface area contributed by atoms with Gasteiger partial charge in [0.25, 0.3) is 5.56 Å². The van der Waals surface area contributed by atoms with Crippen molar-refractivity contribution in [1.29, 1.82) is 0 Å². The second kappa shape index (κ2) is 22.5. The number of carbonyl (C=O) groups is 1. The third kappa shape index (κ3) is 12.4. The van der Waals surface area contributed by atoms with Crippen molar-refractivity contribution in [2.45, 2.75) is 113 Å². The Balaban J connectivity index is 0.953. The number of carbonyl (C=O) groups excluding carboxylic acids is 1. The van der Waals surface area contributed by atoms with Crippen molar-refractivity contribution in [3.63, 3.8) is 0 Å². The lowest BCUT2D eigenvalue weighted by Gasteiger charge is -2.29. The SMILES string of the molecule is CCCCCCCCCCOc1ccc(C(=O)Oc2ccc(CS[P@@]3(=O)OC[C@H]4O[C@@H](n5cnc6c(N)ncnc65)[C@H](F)[C@@H]4OP(=O)(O)OC[C@H]4O[C@@H](n5ccc(=O)[nH]c5=O)[C@H](F)[C@@H]4O3)cc2)cc1. The summed E-state index contributed by atoms with van der Waals surface area (Å²) in [6, 6.07) is 13.8. The number of phosphoric ester groups is 1. The number of hydrogen-bond donors (Lipinski definition) is 3. The first-order valence-electron chi connectivity index (χ1n) is 22.3. The first-order chi connectivity index (χ1) is 33.2. The molecule has 0 spiro atoms. The van der Waals surface area contributed by atoms with Crippen molar-refractivity contribution in [3.8, 4) is 11.5 Å². The van der Waals surface area contributed by atoms with Crippen molar-refractivity contribution < 1.29 is 64.6 Å². The number of esters is 1. The number of nitrogens with two attached hydrogens (primary N) is 1. The number of nitrogens with zero attached hydrogens (tertiary/aromatic N) is 5. The molecule has 4 N–H and O–H groups in total. The van der Waals surface area contributed by atoms with Crippen LogP contribution in [0.5, 0.6) is 11.5 Å². The Morgan fingerprint density at radius 2 is 1.48 bits per heavy atom. The minimum atomic E-state index is -5.24. The first-order valence-corrected chi connectivity index (χ1v) is 26.9. The van der Waals surface area contributed by atoms with E-state index in [9.17, 15) is 28.4 Å². The molecule has 0 bridgehead atoms. The molecule has 8 rings (SSSR count). The highest BCUT2D eigenvalue weighted by molar-refractivity contribution is 8.54. The first kappa shape index (κ1) is 50.5. The van der Waals surface area contributed by atoms with Gasteiger partial charge in [0.05, 0.1) is 31.7 Å². The van der Waals surface area contributed by atoms with E-state index in [0.717, 1.165) is 36.0 Å². The van der Waals surface area contributed by atoms with Crippen molar-refractivity contribution in [1.82, 2.24) is 29.1 Å². The van der Waals surface area contributed by atoms with Crippen LogP contribution in [0.25, 0.3) is 11.2 Å². The van der Waals surface area contributed by atoms with Gasteiger partial charge >= 0.3 is 26.3 Å². The van der Waals surface area contributed by atoms with Crippen LogP contribution in [-0.4, -0.2) is 96.5 Å². The molecule has 3 aliphatic heterocycles. The zero-order chi connectivity index (χ0) is 48.7. The van der Waals surface area contributed by atoms with Gasteiger partial charge in [0.1, 0.15) is 47.8 Å². The fourth-order valence-corrected chi connectivity index (χ4v) is 12.2. The standard InChI is InChI=1S/C43H51F2N7O14P2S/c1-2-3-4-5-6-7-8-9-20-59-28-16-12-27(13-17-28)42(54)62-29-14-10-26(11-15-29)23-69-68(58)61-22-31-36(33(44)41(64-31)52-25-49-35-38(46)47-24-48-39(35)52)65-67(56,57)60-21-30-37(66-68)34(45)40(63-30)51-19-18-32(53)50-43(51)55/h10-19,24-25,30-31,33-34,36-37,40-41H,2-9,20-23H2,1H3,(H,56,57)(H2,46,47,48)(H,50,53,55)/t30-,31-,33-,34-,36-,37-,40-,41-,68+/m1/s1. The van der Waals surface area contributed by atoms with Crippen LogP contribution in [0.2, 0.25) is 0 Å². The van der Waals surface area contributed by atoms with Crippen LogP contribution in [0.4, 0.5) is 14.6 Å². The lowest BCUT2D eigenvalue weighted by molar-refractivity contribution is -0.0619. The molecule has 3 saturated heterocycles. The highest BCUT2D eigenvalue weighted by atomic mass is 32.7. The molecule has 2 aromatic carbocycles. The van der Waals surface area contributed by atoms with Crippen molar-refractivity contribution >= 4 is 49.0 Å². The quantitative estimate of drug-likeness (QED) is 0.0362. The zero-order valence-electron chi connectivity index (χ0n) is 37.2. The number of aromatic amines is 1. The van der Waals surface area contributed by atoms with Gasteiger partial charge in [-0.1, -0.05) is 64.0 Å². The highest BCUT2D eigenvalue weighted by Gasteiger charge is 2.55. The zero-order valence-corrected chi connectivity index (χ0v) is 39.8. The number of hydrogen-bond acceptors (Lipinski definition) is 18. The summed E-state index contributed by atoms with van der Waals surface area (Å²) in [5.41, 5.74) is 5.05. The van der Waals surface area contributed by atoms with Crippen LogP contribution < -0.4 is 26.5 Å². The molecular weight excluding hydrogens is 971 g/mol. The maximum Gasteiger partial charge on any atom is 0.472 e. The number of nitrogen functional groups attached to an aromatic ring is 1. The number of unbranched alkanes of at least 4 members (excludes halogenated alkanes) is 7. The van der Waals surface area contributed by atoms with Gasteiger partial charge in [0.15, 0.2) is 36.3 Å². The molecule has 26 heteroatoms. The van der Waals surface area contributed by atoms with Gasteiger partial charge in [-0.15, -0.1) is 0 Å². The number of halogens is 2. The number of phosphoric acid groups is 1. The van der Waals surface area contributed by atoms with Gasteiger partial charge in [0.2, 0.25) is 0 Å². The number of rotatable bonds is 17. The molecular formula is C43H51F2N7O14P2S. The van der Waals surface area contributed by atoms with E-state index in [1.165, 1.54) is 57.0 Å². The van der Waals surface area contributed by atoms with E-state index in [0.29, 0.717) is 39.4 Å². The number of aromatic nitrogens is 6. The van der Waals surface area contributed by atoms with Crippen molar-refractivity contribution in [2.75, 3.05) is 25.6 Å². The Hall–Kier alpha value is -4.87. The molecule has 10 atom stereocenters. The number of H-pyrrole nitrogens is 1. The summed E-state index contributed by atoms with van der Waals surface area (Å²) in [5, 5.41) is 0. The van der Waals surface area contributed by atoms with E-state index >= 15 is 8.78 Å². The molecule has 21 nitrogen and oxygen atoms in total. The second-order valence-corrected chi connectivity index (χ2v) is 21.9. The summed E-state index contributed by atoms with van der Waals surface area (Å²) in [5.74, 6) is 0.0933. The van der Waals surface area contributed by atoms with Crippen LogP contribution in [0.3, 0.4) is 0 Å². The number of fused-ring (bicyclic) bond motifs is 3. The summed E-state index contributed by atoms with van der Waals surface area (Å²) in [7, 11) is -5.24. The van der Waals surface area contributed by atoms with Gasteiger partial charge < -0.3 is 29.6 Å². The molecule has 1 unspecified atom stereocenters. The van der Waals surface area contributed by atoms with E-state index in [1.807, 2.05) is 4.98 Å². The van der Waals surface area contributed by atoms with Crippen LogP contribution >= 0.6 is 26.0 Å². The largest absolute Gasteiger partial charge is 0.494 e. The number of nitrogens with one attached hydrogen (secondary N) is 1. The minimum absolute atomic E-state index is 0.0140. The predicted octanol–water partition coefficient (Wildman–Crippen LogP) is 7.13.